The highest BCUT2D eigenvalue weighted by Crippen LogP contribution is 2.41. The van der Waals surface area contributed by atoms with Crippen LogP contribution in [0.25, 0.3) is 0 Å². The SMILES string of the molecule is Cc1ccc(SC(=O)N2C(=S)NC(=NC3CCCCC3)C23CCCCC3)cc1. The highest BCUT2D eigenvalue weighted by molar-refractivity contribution is 8.13. The monoisotopic (exact) mass is 415 g/mol. The van der Waals surface area contributed by atoms with Crippen molar-refractivity contribution in [2.75, 3.05) is 0 Å². The van der Waals surface area contributed by atoms with Crippen molar-refractivity contribution in [1.29, 1.82) is 0 Å². The van der Waals surface area contributed by atoms with Crippen LogP contribution in [0.3, 0.4) is 0 Å². The van der Waals surface area contributed by atoms with E-state index in [-0.39, 0.29) is 10.8 Å². The van der Waals surface area contributed by atoms with Crippen molar-refractivity contribution in [3.05, 3.63) is 29.8 Å². The molecule has 1 N–H and O–H groups in total. The largest absolute Gasteiger partial charge is 0.319 e. The smallest absolute Gasteiger partial charge is 0.293 e. The van der Waals surface area contributed by atoms with Gasteiger partial charge in [0.05, 0.1) is 6.04 Å². The van der Waals surface area contributed by atoms with Gasteiger partial charge >= 0.3 is 0 Å². The minimum Gasteiger partial charge on any atom is -0.319 e. The molecule has 0 atom stereocenters. The zero-order valence-electron chi connectivity index (χ0n) is 16.6. The number of hydrogen-bond acceptors (Lipinski definition) is 4. The average Bonchev–Trinajstić information content (AvgIpc) is 2.95. The number of carbonyl (C=O) groups is 1. The molecule has 1 aromatic rings. The van der Waals surface area contributed by atoms with Gasteiger partial charge < -0.3 is 5.32 Å². The topological polar surface area (TPSA) is 44.7 Å². The van der Waals surface area contributed by atoms with Crippen LogP contribution in [-0.2, 0) is 0 Å². The number of amides is 1. The maximum atomic E-state index is 13.3. The summed E-state index contributed by atoms with van der Waals surface area (Å²) in [6.07, 6.45) is 11.5. The molecule has 6 heteroatoms. The van der Waals surface area contributed by atoms with E-state index in [1.165, 1.54) is 43.0 Å². The maximum absolute atomic E-state index is 13.3. The van der Waals surface area contributed by atoms with E-state index in [2.05, 4.69) is 12.2 Å². The number of benzene rings is 1. The number of thioether (sulfide) groups is 1. The molecule has 28 heavy (non-hydrogen) atoms. The van der Waals surface area contributed by atoms with Gasteiger partial charge in [0.15, 0.2) is 5.11 Å². The van der Waals surface area contributed by atoms with Crippen LogP contribution < -0.4 is 5.32 Å². The lowest BCUT2D eigenvalue weighted by molar-refractivity contribution is 0.200. The Kier molecular flexibility index (Phi) is 6.07. The highest BCUT2D eigenvalue weighted by Gasteiger charge is 2.52. The minimum absolute atomic E-state index is 0.0112. The Bertz CT molecular complexity index is 762. The fourth-order valence-electron chi connectivity index (χ4n) is 4.73. The fraction of sp³-hybridized carbons (Fsp3) is 0.591. The molecule has 4 rings (SSSR count). The molecular weight excluding hydrogens is 386 g/mol. The summed E-state index contributed by atoms with van der Waals surface area (Å²) >= 11 is 6.93. The number of amidine groups is 1. The summed E-state index contributed by atoms with van der Waals surface area (Å²) in [5.74, 6) is 0.960. The van der Waals surface area contributed by atoms with Crippen molar-refractivity contribution in [3.63, 3.8) is 0 Å². The first-order valence-corrected chi connectivity index (χ1v) is 11.8. The molecular formula is C22H29N3OS2. The van der Waals surface area contributed by atoms with Crippen molar-refractivity contribution in [2.45, 2.75) is 87.6 Å². The summed E-state index contributed by atoms with van der Waals surface area (Å²) in [5.41, 5.74) is 0.836. The second-order valence-electron chi connectivity index (χ2n) is 8.31. The van der Waals surface area contributed by atoms with Gasteiger partial charge in [-0.05, 0) is 68.7 Å². The molecule has 1 saturated heterocycles. The molecule has 1 aromatic carbocycles. The van der Waals surface area contributed by atoms with Crippen molar-refractivity contribution in [1.82, 2.24) is 10.2 Å². The lowest BCUT2D eigenvalue weighted by Crippen LogP contribution is -2.52. The standard InChI is InChI=1S/C22H29N3OS2/c1-16-10-12-18(13-11-16)28-21(26)25-20(27)24-19(22(25)14-6-3-7-15-22)23-17-8-4-2-5-9-17/h10-13,17H,2-9,14-15H2,1H3,(H,23,24,27). The van der Waals surface area contributed by atoms with Crippen LogP contribution in [0.1, 0.15) is 69.8 Å². The van der Waals surface area contributed by atoms with E-state index in [1.807, 2.05) is 29.2 Å². The van der Waals surface area contributed by atoms with E-state index < -0.39 is 0 Å². The lowest BCUT2D eigenvalue weighted by atomic mass is 9.80. The molecule has 3 fully saturated rings. The van der Waals surface area contributed by atoms with Gasteiger partial charge in [-0.1, -0.05) is 56.2 Å². The second-order valence-corrected chi connectivity index (χ2v) is 9.72. The summed E-state index contributed by atoms with van der Waals surface area (Å²) in [4.78, 5) is 21.3. The third-order valence-corrected chi connectivity index (χ3v) is 7.42. The first kappa shape index (κ1) is 19.9. The Hall–Kier alpha value is -1.40. The van der Waals surface area contributed by atoms with E-state index in [0.717, 1.165) is 49.3 Å². The van der Waals surface area contributed by atoms with Crippen molar-refractivity contribution in [3.8, 4) is 0 Å². The van der Waals surface area contributed by atoms with Crippen molar-refractivity contribution < 1.29 is 4.79 Å². The van der Waals surface area contributed by atoms with Crippen LogP contribution in [0.5, 0.6) is 0 Å². The van der Waals surface area contributed by atoms with Crippen LogP contribution in [0.4, 0.5) is 4.79 Å². The van der Waals surface area contributed by atoms with E-state index >= 15 is 0 Å². The predicted molar refractivity (Wildman–Crippen MR) is 120 cm³/mol. The quantitative estimate of drug-likeness (QED) is 0.487. The van der Waals surface area contributed by atoms with Gasteiger partial charge in [-0.3, -0.25) is 14.7 Å². The van der Waals surface area contributed by atoms with Gasteiger partial charge in [0.2, 0.25) is 0 Å². The van der Waals surface area contributed by atoms with Gasteiger partial charge in [-0.25, -0.2) is 0 Å². The fourth-order valence-corrected chi connectivity index (χ4v) is 5.97. The summed E-state index contributed by atoms with van der Waals surface area (Å²) < 4.78 is 0. The molecule has 0 bridgehead atoms. The number of aliphatic imine (C=N–C) groups is 1. The Labute approximate surface area is 177 Å². The third kappa shape index (κ3) is 3.99. The molecule has 3 aliphatic rings. The first-order valence-electron chi connectivity index (χ1n) is 10.6. The summed E-state index contributed by atoms with van der Waals surface area (Å²) in [7, 11) is 0. The summed E-state index contributed by atoms with van der Waals surface area (Å²) in [6, 6.07) is 8.48. The zero-order chi connectivity index (χ0) is 19.6. The third-order valence-electron chi connectivity index (χ3n) is 6.27. The highest BCUT2D eigenvalue weighted by atomic mass is 32.2. The number of rotatable bonds is 2. The molecule has 0 radical (unpaired) electrons. The number of nitrogens with zero attached hydrogens (tertiary/aromatic N) is 2. The maximum Gasteiger partial charge on any atom is 0.293 e. The number of aryl methyl sites for hydroxylation is 1. The van der Waals surface area contributed by atoms with Crippen LogP contribution >= 0.6 is 24.0 Å². The number of thiocarbonyl (C=S) groups is 1. The van der Waals surface area contributed by atoms with Gasteiger partial charge in [0.25, 0.3) is 5.24 Å². The lowest BCUT2D eigenvalue weighted by Gasteiger charge is -2.39. The van der Waals surface area contributed by atoms with Crippen LogP contribution in [0.15, 0.2) is 34.2 Å². The van der Waals surface area contributed by atoms with Gasteiger partial charge in [0, 0.05) is 4.90 Å². The molecule has 2 saturated carbocycles. The molecule has 4 nitrogen and oxygen atoms in total. The molecule has 0 unspecified atom stereocenters. The molecule has 1 aliphatic heterocycles. The van der Waals surface area contributed by atoms with E-state index in [4.69, 9.17) is 17.2 Å². The van der Waals surface area contributed by atoms with Gasteiger partial charge in [-0.2, -0.15) is 0 Å². The van der Waals surface area contributed by atoms with E-state index in [1.54, 1.807) is 0 Å². The normalized spacial score (nSPS) is 24.0. The molecule has 1 amide bonds. The predicted octanol–water partition coefficient (Wildman–Crippen LogP) is 5.83. The van der Waals surface area contributed by atoms with Gasteiger partial charge in [-0.15, -0.1) is 0 Å². The molecule has 1 heterocycles. The molecule has 0 aromatic heterocycles. The van der Waals surface area contributed by atoms with Crippen LogP contribution in [-0.4, -0.2) is 32.7 Å². The van der Waals surface area contributed by atoms with Crippen molar-refractivity contribution in [2.24, 2.45) is 4.99 Å². The molecule has 2 aliphatic carbocycles. The molecule has 150 valence electrons. The second kappa shape index (κ2) is 8.54. The Morgan fingerprint density at radius 2 is 1.75 bits per heavy atom. The van der Waals surface area contributed by atoms with E-state index in [0.29, 0.717) is 11.2 Å². The van der Waals surface area contributed by atoms with Gasteiger partial charge in [0.1, 0.15) is 11.4 Å². The Morgan fingerprint density at radius 3 is 2.43 bits per heavy atom. The Morgan fingerprint density at radius 1 is 1.11 bits per heavy atom. The number of nitrogens with one attached hydrogen (secondary N) is 1. The number of hydrogen-bond donors (Lipinski definition) is 1. The number of carbonyl (C=O) groups excluding carboxylic acids is 1. The summed E-state index contributed by atoms with van der Waals surface area (Å²) in [6.45, 7) is 2.06. The minimum atomic E-state index is -0.360. The zero-order valence-corrected chi connectivity index (χ0v) is 18.2. The van der Waals surface area contributed by atoms with Crippen LogP contribution in [0.2, 0.25) is 0 Å². The van der Waals surface area contributed by atoms with E-state index in [9.17, 15) is 4.79 Å². The molecule has 1 spiro atoms. The van der Waals surface area contributed by atoms with Crippen molar-refractivity contribution >= 4 is 40.2 Å². The summed E-state index contributed by atoms with van der Waals surface area (Å²) in [5, 5.41) is 3.90. The average molecular weight is 416 g/mol. The van der Waals surface area contributed by atoms with Crippen LogP contribution in [0, 0.1) is 6.92 Å². The first-order chi connectivity index (χ1) is 13.6. The Balaban J connectivity index is 1.61.